The Morgan fingerprint density at radius 1 is 1.18 bits per heavy atom. The van der Waals surface area contributed by atoms with E-state index in [0.29, 0.717) is 5.75 Å². The zero-order valence-corrected chi connectivity index (χ0v) is 10.6. The van der Waals surface area contributed by atoms with Crippen molar-refractivity contribution in [2.45, 2.75) is 19.9 Å². The van der Waals surface area contributed by atoms with E-state index in [1.54, 1.807) is 12.1 Å². The molecule has 0 bridgehead atoms. The third-order valence-electron chi connectivity index (χ3n) is 2.45. The summed E-state index contributed by atoms with van der Waals surface area (Å²) in [5.41, 5.74) is 1.03. The number of hydrogen-bond acceptors (Lipinski definition) is 3. The van der Waals surface area contributed by atoms with E-state index in [9.17, 15) is 4.39 Å². The van der Waals surface area contributed by atoms with Gasteiger partial charge < -0.3 is 15.4 Å². The van der Waals surface area contributed by atoms with Crippen LogP contribution in [0.2, 0.25) is 0 Å². The average molecular weight is 240 g/mol. The second kappa shape index (κ2) is 8.03. The van der Waals surface area contributed by atoms with Gasteiger partial charge in [0, 0.05) is 19.6 Å². The van der Waals surface area contributed by atoms with Gasteiger partial charge in [0.15, 0.2) is 11.6 Å². The van der Waals surface area contributed by atoms with Crippen LogP contribution in [0, 0.1) is 5.82 Å². The molecular formula is C13H21FN2O. The molecule has 1 aromatic rings. The van der Waals surface area contributed by atoms with Crippen molar-refractivity contribution in [3.8, 4) is 5.75 Å². The maximum absolute atomic E-state index is 13.1. The molecule has 0 aromatic heterocycles. The van der Waals surface area contributed by atoms with Gasteiger partial charge in [0.2, 0.25) is 0 Å². The van der Waals surface area contributed by atoms with Gasteiger partial charge >= 0.3 is 0 Å². The SMILES string of the molecule is CCCNCCNCc1ccc(F)c(OC)c1. The van der Waals surface area contributed by atoms with E-state index in [0.717, 1.165) is 38.2 Å². The number of benzene rings is 1. The molecule has 0 heterocycles. The standard InChI is InChI=1S/C13H21FN2O/c1-3-6-15-7-8-16-10-11-4-5-12(14)13(9-11)17-2/h4-5,9,15-16H,3,6-8,10H2,1-2H3. The van der Waals surface area contributed by atoms with Gasteiger partial charge in [-0.25, -0.2) is 4.39 Å². The van der Waals surface area contributed by atoms with E-state index in [2.05, 4.69) is 17.6 Å². The molecule has 1 aromatic carbocycles. The van der Waals surface area contributed by atoms with Crippen molar-refractivity contribution in [3.63, 3.8) is 0 Å². The smallest absolute Gasteiger partial charge is 0.165 e. The summed E-state index contributed by atoms with van der Waals surface area (Å²) in [6.45, 7) is 5.77. The molecule has 0 atom stereocenters. The number of halogens is 1. The van der Waals surface area contributed by atoms with Crippen molar-refractivity contribution in [1.29, 1.82) is 0 Å². The van der Waals surface area contributed by atoms with Crippen LogP contribution < -0.4 is 15.4 Å². The monoisotopic (exact) mass is 240 g/mol. The second-order valence-corrected chi connectivity index (χ2v) is 3.90. The summed E-state index contributed by atoms with van der Waals surface area (Å²) in [6.07, 6.45) is 1.15. The highest BCUT2D eigenvalue weighted by atomic mass is 19.1. The van der Waals surface area contributed by atoms with Gasteiger partial charge in [-0.3, -0.25) is 0 Å². The molecule has 96 valence electrons. The Kier molecular flexibility index (Phi) is 6.58. The third kappa shape index (κ3) is 5.15. The molecule has 17 heavy (non-hydrogen) atoms. The highest BCUT2D eigenvalue weighted by Crippen LogP contribution is 2.17. The average Bonchev–Trinajstić information content (AvgIpc) is 2.35. The molecule has 0 amide bonds. The molecule has 0 saturated heterocycles. The first-order valence-corrected chi connectivity index (χ1v) is 6.01. The minimum absolute atomic E-state index is 0.299. The summed E-state index contributed by atoms with van der Waals surface area (Å²) < 4.78 is 18.1. The van der Waals surface area contributed by atoms with E-state index in [4.69, 9.17) is 4.74 Å². The van der Waals surface area contributed by atoms with Gasteiger partial charge in [-0.15, -0.1) is 0 Å². The molecule has 1 rings (SSSR count). The fourth-order valence-corrected chi connectivity index (χ4v) is 1.53. The minimum Gasteiger partial charge on any atom is -0.494 e. The molecule has 0 radical (unpaired) electrons. The molecule has 0 unspecified atom stereocenters. The van der Waals surface area contributed by atoms with E-state index < -0.39 is 0 Å². The first-order chi connectivity index (χ1) is 8.27. The van der Waals surface area contributed by atoms with Gasteiger partial charge in [0.1, 0.15) is 0 Å². The first-order valence-electron chi connectivity index (χ1n) is 6.01. The Balaban J connectivity index is 2.27. The van der Waals surface area contributed by atoms with Crippen LogP contribution in [-0.4, -0.2) is 26.7 Å². The van der Waals surface area contributed by atoms with Crippen LogP contribution >= 0.6 is 0 Å². The normalized spacial score (nSPS) is 10.5. The van der Waals surface area contributed by atoms with Crippen molar-refractivity contribution < 1.29 is 9.13 Å². The Hall–Kier alpha value is -1.13. The van der Waals surface area contributed by atoms with Crippen molar-refractivity contribution in [1.82, 2.24) is 10.6 Å². The van der Waals surface area contributed by atoms with E-state index in [-0.39, 0.29) is 5.82 Å². The largest absolute Gasteiger partial charge is 0.494 e. The Labute approximate surface area is 102 Å². The zero-order valence-electron chi connectivity index (χ0n) is 10.6. The van der Waals surface area contributed by atoms with Crippen LogP contribution in [0.3, 0.4) is 0 Å². The predicted octanol–water partition coefficient (Wildman–Crippen LogP) is 1.92. The third-order valence-corrected chi connectivity index (χ3v) is 2.45. The van der Waals surface area contributed by atoms with Crippen molar-refractivity contribution in [2.75, 3.05) is 26.7 Å². The maximum Gasteiger partial charge on any atom is 0.165 e. The lowest BCUT2D eigenvalue weighted by Gasteiger charge is -2.08. The molecule has 0 saturated carbocycles. The van der Waals surface area contributed by atoms with E-state index in [1.165, 1.54) is 13.2 Å². The maximum atomic E-state index is 13.1. The van der Waals surface area contributed by atoms with E-state index in [1.807, 2.05) is 0 Å². The summed E-state index contributed by atoms with van der Waals surface area (Å²) in [4.78, 5) is 0. The Morgan fingerprint density at radius 3 is 2.65 bits per heavy atom. The summed E-state index contributed by atoms with van der Waals surface area (Å²) >= 11 is 0. The van der Waals surface area contributed by atoms with Gasteiger partial charge in [-0.1, -0.05) is 13.0 Å². The van der Waals surface area contributed by atoms with Gasteiger partial charge in [-0.2, -0.15) is 0 Å². The molecule has 3 nitrogen and oxygen atoms in total. The molecular weight excluding hydrogens is 219 g/mol. The molecule has 0 aliphatic heterocycles. The molecule has 0 aliphatic carbocycles. The van der Waals surface area contributed by atoms with Crippen LogP contribution in [0.4, 0.5) is 4.39 Å². The van der Waals surface area contributed by atoms with Crippen LogP contribution in [0.1, 0.15) is 18.9 Å². The number of methoxy groups -OCH3 is 1. The lowest BCUT2D eigenvalue weighted by atomic mass is 10.2. The quantitative estimate of drug-likeness (QED) is 0.681. The lowest BCUT2D eigenvalue weighted by molar-refractivity contribution is 0.385. The highest BCUT2D eigenvalue weighted by Gasteiger charge is 2.02. The molecule has 4 heteroatoms. The van der Waals surface area contributed by atoms with Crippen LogP contribution in [0.25, 0.3) is 0 Å². The second-order valence-electron chi connectivity index (χ2n) is 3.90. The predicted molar refractivity (Wildman–Crippen MR) is 67.8 cm³/mol. The highest BCUT2D eigenvalue weighted by molar-refractivity contribution is 5.30. The number of rotatable bonds is 8. The minimum atomic E-state index is -0.319. The molecule has 0 fully saturated rings. The van der Waals surface area contributed by atoms with Gasteiger partial charge in [0.25, 0.3) is 0 Å². The summed E-state index contributed by atoms with van der Waals surface area (Å²) in [7, 11) is 1.48. The Morgan fingerprint density at radius 2 is 1.94 bits per heavy atom. The fraction of sp³-hybridized carbons (Fsp3) is 0.538. The van der Waals surface area contributed by atoms with Crippen molar-refractivity contribution >= 4 is 0 Å². The fourth-order valence-electron chi connectivity index (χ4n) is 1.53. The molecule has 0 spiro atoms. The molecule has 2 N–H and O–H groups in total. The first kappa shape index (κ1) is 13.9. The number of ether oxygens (including phenoxy) is 1. The van der Waals surface area contributed by atoms with Crippen LogP contribution in [-0.2, 0) is 6.54 Å². The Bertz CT molecular complexity index is 331. The van der Waals surface area contributed by atoms with Gasteiger partial charge in [-0.05, 0) is 30.7 Å². The lowest BCUT2D eigenvalue weighted by Crippen LogP contribution is -2.27. The van der Waals surface area contributed by atoms with Crippen molar-refractivity contribution in [2.24, 2.45) is 0 Å². The summed E-state index contributed by atoms with van der Waals surface area (Å²) in [5, 5.41) is 6.60. The number of hydrogen-bond donors (Lipinski definition) is 2. The zero-order chi connectivity index (χ0) is 12.5. The summed E-state index contributed by atoms with van der Waals surface area (Å²) in [6, 6.07) is 4.93. The topological polar surface area (TPSA) is 33.3 Å². The molecule has 0 aliphatic rings. The number of nitrogens with one attached hydrogen (secondary N) is 2. The van der Waals surface area contributed by atoms with Crippen LogP contribution in [0.5, 0.6) is 5.75 Å². The van der Waals surface area contributed by atoms with Crippen molar-refractivity contribution in [3.05, 3.63) is 29.6 Å². The summed E-state index contributed by atoms with van der Waals surface area (Å²) in [5.74, 6) is -0.0192. The van der Waals surface area contributed by atoms with Gasteiger partial charge in [0.05, 0.1) is 7.11 Å². The van der Waals surface area contributed by atoms with E-state index >= 15 is 0 Å². The van der Waals surface area contributed by atoms with Crippen LogP contribution in [0.15, 0.2) is 18.2 Å².